The Morgan fingerprint density at radius 2 is 2.06 bits per heavy atom. The van der Waals surface area contributed by atoms with E-state index >= 15 is 0 Å². The molecule has 9 nitrogen and oxygen atoms in total. The Bertz CT molecular complexity index is 1210. The minimum atomic E-state index is -0.623. The van der Waals surface area contributed by atoms with Gasteiger partial charge in [-0.1, -0.05) is 0 Å². The van der Waals surface area contributed by atoms with Crippen LogP contribution in [-0.2, 0) is 29.0 Å². The fourth-order valence-electron chi connectivity index (χ4n) is 3.83. The molecule has 1 amide bonds. The van der Waals surface area contributed by atoms with Crippen LogP contribution in [0.3, 0.4) is 0 Å². The molecule has 1 aromatic carbocycles. The molecular formula is C22H25N5O4. The van der Waals surface area contributed by atoms with E-state index in [9.17, 15) is 14.4 Å². The predicted octanol–water partition coefficient (Wildman–Crippen LogP) is 1.52. The number of ether oxygens (including phenoxy) is 1. The van der Waals surface area contributed by atoms with Gasteiger partial charge in [-0.2, -0.15) is 5.10 Å². The maximum absolute atomic E-state index is 12.5. The van der Waals surface area contributed by atoms with Crippen molar-refractivity contribution in [1.29, 1.82) is 0 Å². The molecule has 0 aliphatic carbocycles. The fourth-order valence-corrected chi connectivity index (χ4v) is 3.83. The molecule has 1 aliphatic heterocycles. The van der Waals surface area contributed by atoms with Gasteiger partial charge >= 0.3 is 5.97 Å². The molecule has 0 atom stereocenters. The van der Waals surface area contributed by atoms with Crippen molar-refractivity contribution in [2.24, 2.45) is 0 Å². The van der Waals surface area contributed by atoms with Gasteiger partial charge in [0.1, 0.15) is 5.82 Å². The number of benzene rings is 1. The van der Waals surface area contributed by atoms with Crippen LogP contribution in [0.1, 0.15) is 40.4 Å². The van der Waals surface area contributed by atoms with Crippen LogP contribution in [-0.4, -0.2) is 44.4 Å². The molecule has 4 rings (SSSR count). The molecule has 3 aromatic rings. The third-order valence-electron chi connectivity index (χ3n) is 5.36. The summed E-state index contributed by atoms with van der Waals surface area (Å²) in [6, 6.07) is 6.67. The average Bonchev–Trinajstić information content (AvgIpc) is 3.34. The van der Waals surface area contributed by atoms with Crippen molar-refractivity contribution in [3.05, 3.63) is 57.4 Å². The lowest BCUT2D eigenvalue weighted by Crippen LogP contribution is -2.30. The minimum Gasteiger partial charge on any atom is -0.452 e. The summed E-state index contributed by atoms with van der Waals surface area (Å²) >= 11 is 0. The first-order valence-corrected chi connectivity index (χ1v) is 10.4. The summed E-state index contributed by atoms with van der Waals surface area (Å²) in [5, 5.41) is 7.59. The van der Waals surface area contributed by atoms with Crippen molar-refractivity contribution >= 4 is 22.8 Å². The third kappa shape index (κ3) is 4.50. The summed E-state index contributed by atoms with van der Waals surface area (Å²) < 4.78 is 8.70. The molecule has 1 aliphatic rings. The number of nitrogens with one attached hydrogen (secondary N) is 1. The average molecular weight is 423 g/mol. The molecule has 0 bridgehead atoms. The molecule has 1 N–H and O–H groups in total. The monoisotopic (exact) mass is 423 g/mol. The van der Waals surface area contributed by atoms with Gasteiger partial charge in [-0.25, -0.2) is 9.78 Å². The first-order valence-electron chi connectivity index (χ1n) is 10.4. The number of aromatic nitrogens is 4. The van der Waals surface area contributed by atoms with Crippen molar-refractivity contribution in [2.75, 3.05) is 13.2 Å². The predicted molar refractivity (Wildman–Crippen MR) is 114 cm³/mol. The van der Waals surface area contributed by atoms with Gasteiger partial charge in [0.25, 0.3) is 11.5 Å². The van der Waals surface area contributed by atoms with E-state index in [0.29, 0.717) is 30.5 Å². The van der Waals surface area contributed by atoms with Gasteiger partial charge in [-0.3, -0.25) is 18.8 Å². The van der Waals surface area contributed by atoms with Crippen molar-refractivity contribution < 1.29 is 14.3 Å². The second-order valence-corrected chi connectivity index (χ2v) is 7.75. The molecule has 0 saturated heterocycles. The van der Waals surface area contributed by atoms with E-state index in [2.05, 4.69) is 15.4 Å². The molecule has 3 heterocycles. The van der Waals surface area contributed by atoms with Crippen LogP contribution in [0.4, 0.5) is 0 Å². The SMILES string of the molecule is Cc1cc(C)n(CCCNC(=O)COC(=O)c2ccc3c(=O)n4c(nc3c2)CCC4)n1. The number of fused-ring (bicyclic) bond motifs is 2. The quantitative estimate of drug-likeness (QED) is 0.456. The van der Waals surface area contributed by atoms with Gasteiger partial charge in [-0.15, -0.1) is 0 Å². The molecule has 0 unspecified atom stereocenters. The Hall–Kier alpha value is -3.49. The summed E-state index contributed by atoms with van der Waals surface area (Å²) in [5.41, 5.74) is 2.69. The molecule has 9 heteroatoms. The zero-order valence-electron chi connectivity index (χ0n) is 17.7. The Labute approximate surface area is 179 Å². The molecular weight excluding hydrogens is 398 g/mol. The molecule has 0 radical (unpaired) electrons. The van der Waals surface area contributed by atoms with Gasteiger partial charge in [0.05, 0.1) is 22.2 Å². The Morgan fingerprint density at radius 1 is 1.23 bits per heavy atom. The summed E-state index contributed by atoms with van der Waals surface area (Å²) in [6.07, 6.45) is 2.36. The number of amides is 1. The fraction of sp³-hybridized carbons (Fsp3) is 0.409. The highest BCUT2D eigenvalue weighted by Gasteiger charge is 2.18. The van der Waals surface area contributed by atoms with E-state index in [1.807, 2.05) is 24.6 Å². The minimum absolute atomic E-state index is 0.0859. The maximum Gasteiger partial charge on any atom is 0.338 e. The molecule has 31 heavy (non-hydrogen) atoms. The van der Waals surface area contributed by atoms with E-state index in [1.54, 1.807) is 16.7 Å². The third-order valence-corrected chi connectivity index (χ3v) is 5.36. The highest BCUT2D eigenvalue weighted by molar-refractivity contribution is 5.95. The summed E-state index contributed by atoms with van der Waals surface area (Å²) in [7, 11) is 0. The van der Waals surface area contributed by atoms with Gasteiger partial charge < -0.3 is 10.1 Å². The lowest BCUT2D eigenvalue weighted by molar-refractivity contribution is -0.124. The van der Waals surface area contributed by atoms with Crippen molar-refractivity contribution in [1.82, 2.24) is 24.6 Å². The molecule has 0 fully saturated rings. The largest absolute Gasteiger partial charge is 0.452 e. The van der Waals surface area contributed by atoms with E-state index in [4.69, 9.17) is 4.74 Å². The summed E-state index contributed by atoms with van der Waals surface area (Å²) in [4.78, 5) is 41.3. The van der Waals surface area contributed by atoms with Crippen LogP contribution in [0.15, 0.2) is 29.1 Å². The highest BCUT2D eigenvalue weighted by Crippen LogP contribution is 2.16. The van der Waals surface area contributed by atoms with Gasteiger partial charge in [0, 0.05) is 31.7 Å². The van der Waals surface area contributed by atoms with E-state index < -0.39 is 5.97 Å². The summed E-state index contributed by atoms with van der Waals surface area (Å²) in [5.74, 6) is -0.248. The molecule has 162 valence electrons. The van der Waals surface area contributed by atoms with Crippen LogP contribution >= 0.6 is 0 Å². The van der Waals surface area contributed by atoms with Crippen LogP contribution in [0.25, 0.3) is 10.9 Å². The number of carbonyl (C=O) groups is 2. The normalized spacial score (nSPS) is 12.7. The number of carbonyl (C=O) groups excluding carboxylic acids is 2. The standard InChI is InChI=1S/C22H25N5O4/c1-14-11-15(2)27(25-14)10-4-8-23-20(28)13-31-22(30)16-6-7-17-18(12-16)24-19-5-3-9-26(19)21(17)29/h6-7,11-12H,3-5,8-10,13H2,1-2H3,(H,23,28). The first kappa shape index (κ1) is 20.8. The summed E-state index contributed by atoms with van der Waals surface area (Å²) in [6.45, 7) is 5.41. The number of hydrogen-bond acceptors (Lipinski definition) is 6. The lowest BCUT2D eigenvalue weighted by atomic mass is 10.1. The molecule has 0 saturated carbocycles. The molecule has 0 spiro atoms. The van der Waals surface area contributed by atoms with E-state index in [0.717, 1.165) is 36.5 Å². The Kier molecular flexibility index (Phi) is 5.83. The van der Waals surface area contributed by atoms with Crippen molar-refractivity contribution in [2.45, 2.75) is 46.2 Å². The zero-order chi connectivity index (χ0) is 22.0. The number of aryl methyl sites for hydroxylation is 4. The number of rotatable bonds is 7. The van der Waals surface area contributed by atoms with Crippen LogP contribution in [0.5, 0.6) is 0 Å². The lowest BCUT2D eigenvalue weighted by Gasteiger charge is -2.09. The topological polar surface area (TPSA) is 108 Å². The van der Waals surface area contributed by atoms with Gasteiger partial charge in [0.15, 0.2) is 6.61 Å². The van der Waals surface area contributed by atoms with E-state index in [-0.39, 0.29) is 23.6 Å². The van der Waals surface area contributed by atoms with Crippen LogP contribution < -0.4 is 10.9 Å². The van der Waals surface area contributed by atoms with Crippen molar-refractivity contribution in [3.8, 4) is 0 Å². The smallest absolute Gasteiger partial charge is 0.338 e. The maximum atomic E-state index is 12.5. The second-order valence-electron chi connectivity index (χ2n) is 7.75. The van der Waals surface area contributed by atoms with Crippen LogP contribution in [0, 0.1) is 13.8 Å². The zero-order valence-corrected chi connectivity index (χ0v) is 17.7. The number of esters is 1. The highest BCUT2D eigenvalue weighted by atomic mass is 16.5. The van der Waals surface area contributed by atoms with Gasteiger partial charge in [-0.05, 0) is 51.0 Å². The van der Waals surface area contributed by atoms with Crippen molar-refractivity contribution in [3.63, 3.8) is 0 Å². The number of hydrogen-bond donors (Lipinski definition) is 1. The van der Waals surface area contributed by atoms with Crippen LogP contribution in [0.2, 0.25) is 0 Å². The number of nitrogens with zero attached hydrogens (tertiary/aromatic N) is 4. The second kappa shape index (κ2) is 8.71. The Morgan fingerprint density at radius 3 is 2.84 bits per heavy atom. The van der Waals surface area contributed by atoms with E-state index in [1.165, 1.54) is 6.07 Å². The first-order chi connectivity index (χ1) is 14.9. The van der Waals surface area contributed by atoms with Gasteiger partial charge in [0.2, 0.25) is 0 Å². The molecule has 2 aromatic heterocycles. The Balaban J connectivity index is 1.28.